The van der Waals surface area contributed by atoms with E-state index in [1.807, 2.05) is 0 Å². The lowest BCUT2D eigenvalue weighted by Gasteiger charge is -2.17. The predicted octanol–water partition coefficient (Wildman–Crippen LogP) is 3.33. The lowest BCUT2D eigenvalue weighted by molar-refractivity contribution is -0.126. The molecule has 1 fully saturated rings. The first-order valence-corrected chi connectivity index (χ1v) is 8.59. The monoisotopic (exact) mass is 378 g/mol. The Bertz CT molecular complexity index is 824. The number of benzene rings is 2. The zero-order valence-electron chi connectivity index (χ0n) is 13.8. The van der Waals surface area contributed by atoms with Crippen LogP contribution in [0, 0.1) is 17.6 Å². The van der Waals surface area contributed by atoms with Gasteiger partial charge in [-0.05, 0) is 42.3 Å². The van der Waals surface area contributed by atoms with E-state index in [2.05, 4.69) is 5.32 Å². The topological polar surface area (TPSA) is 49.4 Å². The van der Waals surface area contributed by atoms with Gasteiger partial charge in [-0.25, -0.2) is 8.78 Å². The summed E-state index contributed by atoms with van der Waals surface area (Å²) in [6.45, 7) is 0.517. The average Bonchev–Trinajstić information content (AvgIpc) is 2.96. The number of hydrogen-bond acceptors (Lipinski definition) is 2. The summed E-state index contributed by atoms with van der Waals surface area (Å²) in [7, 11) is 0. The van der Waals surface area contributed by atoms with Crippen LogP contribution in [0.4, 0.5) is 14.5 Å². The first kappa shape index (κ1) is 18.3. The molecule has 3 rings (SSSR count). The van der Waals surface area contributed by atoms with Crippen LogP contribution in [0.2, 0.25) is 5.02 Å². The van der Waals surface area contributed by atoms with Crippen LogP contribution in [-0.2, 0) is 16.0 Å². The van der Waals surface area contributed by atoms with Crippen LogP contribution in [0.5, 0.6) is 0 Å². The zero-order valence-corrected chi connectivity index (χ0v) is 14.6. The minimum absolute atomic E-state index is 0.118. The van der Waals surface area contributed by atoms with E-state index in [4.69, 9.17) is 11.6 Å². The third kappa shape index (κ3) is 4.38. The van der Waals surface area contributed by atoms with Crippen molar-refractivity contribution in [2.24, 2.45) is 5.92 Å². The van der Waals surface area contributed by atoms with Crippen molar-refractivity contribution in [3.05, 3.63) is 64.7 Å². The van der Waals surface area contributed by atoms with E-state index in [0.29, 0.717) is 22.7 Å². The molecule has 26 heavy (non-hydrogen) atoms. The molecule has 1 aliphatic heterocycles. The molecule has 1 aliphatic rings. The number of halogens is 3. The van der Waals surface area contributed by atoms with Gasteiger partial charge in [0.1, 0.15) is 11.6 Å². The molecule has 2 aromatic rings. The molecule has 0 radical (unpaired) electrons. The molecule has 4 nitrogen and oxygen atoms in total. The Kier molecular flexibility index (Phi) is 5.52. The van der Waals surface area contributed by atoms with Gasteiger partial charge in [-0.2, -0.15) is 0 Å². The number of hydrogen-bond donors (Lipinski definition) is 1. The number of nitrogens with one attached hydrogen (secondary N) is 1. The lowest BCUT2D eigenvalue weighted by atomic mass is 10.1. The second kappa shape index (κ2) is 7.83. The predicted molar refractivity (Wildman–Crippen MR) is 95.0 cm³/mol. The maximum Gasteiger partial charge on any atom is 0.227 e. The van der Waals surface area contributed by atoms with E-state index in [1.165, 1.54) is 17.0 Å². The summed E-state index contributed by atoms with van der Waals surface area (Å²) in [6, 6.07) is 10.2. The Hall–Kier alpha value is -2.47. The van der Waals surface area contributed by atoms with Gasteiger partial charge < -0.3 is 10.2 Å². The van der Waals surface area contributed by atoms with E-state index in [0.717, 1.165) is 6.07 Å². The lowest BCUT2D eigenvalue weighted by Crippen LogP contribution is -2.34. The highest BCUT2D eigenvalue weighted by molar-refractivity contribution is 6.30. The van der Waals surface area contributed by atoms with Crippen LogP contribution >= 0.6 is 11.6 Å². The number of nitrogens with zero attached hydrogens (tertiary/aromatic N) is 1. The Morgan fingerprint density at radius 2 is 1.92 bits per heavy atom. The van der Waals surface area contributed by atoms with E-state index in [-0.39, 0.29) is 31.3 Å². The van der Waals surface area contributed by atoms with Crippen molar-refractivity contribution < 1.29 is 18.4 Å². The second-order valence-corrected chi connectivity index (χ2v) is 6.64. The molecule has 0 unspecified atom stereocenters. The molecule has 0 bridgehead atoms. The highest BCUT2D eigenvalue weighted by Crippen LogP contribution is 2.27. The second-order valence-electron chi connectivity index (χ2n) is 6.20. The van der Waals surface area contributed by atoms with Crippen LogP contribution in [-0.4, -0.2) is 24.9 Å². The summed E-state index contributed by atoms with van der Waals surface area (Å²) in [5, 5.41) is 3.25. The van der Waals surface area contributed by atoms with Gasteiger partial charge in [-0.15, -0.1) is 0 Å². The summed E-state index contributed by atoms with van der Waals surface area (Å²) in [5.74, 6) is -2.15. The van der Waals surface area contributed by atoms with Crippen LogP contribution in [0.15, 0.2) is 42.5 Å². The summed E-state index contributed by atoms with van der Waals surface area (Å²) in [6.07, 6.45) is 0.423. The van der Waals surface area contributed by atoms with Gasteiger partial charge in [-0.3, -0.25) is 9.59 Å². The molecular weight excluding hydrogens is 362 g/mol. The summed E-state index contributed by atoms with van der Waals surface area (Å²) in [5.41, 5.74) is 1.12. The molecule has 2 aromatic carbocycles. The number of carbonyl (C=O) groups is 2. The fourth-order valence-electron chi connectivity index (χ4n) is 3.01. The number of anilines is 1. The average molecular weight is 379 g/mol. The molecule has 2 amide bonds. The SMILES string of the molecule is O=C(NCCc1cc(F)cc(F)c1)[C@@H]1CC(=O)N(c2cccc(Cl)c2)C1. The first-order valence-electron chi connectivity index (χ1n) is 8.21. The van der Waals surface area contributed by atoms with Gasteiger partial charge >= 0.3 is 0 Å². The van der Waals surface area contributed by atoms with Crippen LogP contribution < -0.4 is 10.2 Å². The number of carbonyl (C=O) groups excluding carboxylic acids is 2. The van der Waals surface area contributed by atoms with E-state index in [1.54, 1.807) is 24.3 Å². The number of rotatable bonds is 5. The van der Waals surface area contributed by atoms with Crippen LogP contribution in [0.3, 0.4) is 0 Å². The molecule has 1 heterocycles. The minimum atomic E-state index is -0.648. The Morgan fingerprint density at radius 3 is 2.62 bits per heavy atom. The quantitative estimate of drug-likeness (QED) is 0.867. The van der Waals surface area contributed by atoms with Crippen LogP contribution in [0.25, 0.3) is 0 Å². The summed E-state index contributed by atoms with van der Waals surface area (Å²) >= 11 is 5.95. The third-order valence-corrected chi connectivity index (χ3v) is 4.49. The normalized spacial score (nSPS) is 16.8. The largest absolute Gasteiger partial charge is 0.355 e. The van der Waals surface area contributed by atoms with Gasteiger partial charge in [0, 0.05) is 36.3 Å². The minimum Gasteiger partial charge on any atom is -0.355 e. The fourth-order valence-corrected chi connectivity index (χ4v) is 3.19. The summed E-state index contributed by atoms with van der Waals surface area (Å²) < 4.78 is 26.3. The van der Waals surface area contributed by atoms with Crippen molar-refractivity contribution in [1.29, 1.82) is 0 Å². The molecule has 0 aromatic heterocycles. The maximum atomic E-state index is 13.2. The molecule has 0 spiro atoms. The van der Waals surface area contributed by atoms with Gasteiger partial charge in [0.15, 0.2) is 0 Å². The summed E-state index contributed by atoms with van der Waals surface area (Å²) in [4.78, 5) is 26.0. The highest BCUT2D eigenvalue weighted by Gasteiger charge is 2.34. The van der Waals surface area contributed by atoms with Crippen molar-refractivity contribution in [1.82, 2.24) is 5.32 Å². The fraction of sp³-hybridized carbons (Fsp3) is 0.263. The van der Waals surface area contributed by atoms with E-state index < -0.39 is 17.6 Å². The van der Waals surface area contributed by atoms with Crippen molar-refractivity contribution >= 4 is 29.1 Å². The van der Waals surface area contributed by atoms with Crippen molar-refractivity contribution in [2.75, 3.05) is 18.0 Å². The number of amides is 2. The van der Waals surface area contributed by atoms with E-state index in [9.17, 15) is 18.4 Å². The Labute approximate surface area is 154 Å². The molecule has 0 saturated carbocycles. The van der Waals surface area contributed by atoms with Crippen LogP contribution in [0.1, 0.15) is 12.0 Å². The van der Waals surface area contributed by atoms with Gasteiger partial charge in [0.05, 0.1) is 5.92 Å². The molecule has 7 heteroatoms. The van der Waals surface area contributed by atoms with Gasteiger partial charge in [0.25, 0.3) is 0 Å². The molecular formula is C19H17ClF2N2O2. The van der Waals surface area contributed by atoms with E-state index >= 15 is 0 Å². The molecule has 1 atom stereocenters. The maximum absolute atomic E-state index is 13.2. The first-order chi connectivity index (χ1) is 12.4. The molecule has 1 N–H and O–H groups in total. The standard InChI is InChI=1S/C19H17ClF2N2O2/c20-14-2-1-3-17(9-14)24-11-13(8-18(24)25)19(26)23-5-4-12-6-15(21)10-16(22)7-12/h1-3,6-7,9-10,13H,4-5,8,11H2,(H,23,26)/t13-/m1/s1. The smallest absolute Gasteiger partial charge is 0.227 e. The molecule has 1 saturated heterocycles. The van der Waals surface area contributed by atoms with Gasteiger partial charge in [-0.1, -0.05) is 17.7 Å². The van der Waals surface area contributed by atoms with Crippen molar-refractivity contribution in [3.63, 3.8) is 0 Å². The molecule has 136 valence electrons. The van der Waals surface area contributed by atoms with Crippen molar-refractivity contribution in [2.45, 2.75) is 12.8 Å². The Balaban J connectivity index is 1.55. The highest BCUT2D eigenvalue weighted by atomic mass is 35.5. The Morgan fingerprint density at radius 1 is 1.19 bits per heavy atom. The van der Waals surface area contributed by atoms with Gasteiger partial charge in [0.2, 0.25) is 11.8 Å². The third-order valence-electron chi connectivity index (χ3n) is 4.25. The van der Waals surface area contributed by atoms with Crippen molar-refractivity contribution in [3.8, 4) is 0 Å². The zero-order chi connectivity index (χ0) is 18.7. The molecule has 0 aliphatic carbocycles.